The number of fused-ring (bicyclic) bond motifs is 1. The Bertz CT molecular complexity index is 440. The third kappa shape index (κ3) is 2.00. The second-order valence-corrected chi connectivity index (χ2v) is 4.51. The van der Waals surface area contributed by atoms with Crippen molar-refractivity contribution in [3.63, 3.8) is 0 Å². The number of phenols is 1. The van der Waals surface area contributed by atoms with Crippen LogP contribution in [0.5, 0.6) is 5.75 Å². The van der Waals surface area contributed by atoms with Crippen molar-refractivity contribution in [2.45, 2.75) is 32.1 Å². The van der Waals surface area contributed by atoms with Gasteiger partial charge < -0.3 is 10.2 Å². The quantitative estimate of drug-likeness (QED) is 0.835. The van der Waals surface area contributed by atoms with Crippen LogP contribution in [-0.4, -0.2) is 16.2 Å². The van der Waals surface area contributed by atoms with Crippen LogP contribution in [0.15, 0.2) is 6.07 Å². The van der Waals surface area contributed by atoms with Crippen LogP contribution in [0.1, 0.15) is 29.5 Å². The number of carbonyl (C=O) groups is 1. The average molecular weight is 241 g/mol. The van der Waals surface area contributed by atoms with Gasteiger partial charge in [-0.3, -0.25) is 4.79 Å². The van der Waals surface area contributed by atoms with E-state index >= 15 is 0 Å². The topological polar surface area (TPSA) is 57.5 Å². The van der Waals surface area contributed by atoms with E-state index in [1.54, 1.807) is 6.07 Å². The number of carboxylic acid groups (broad SMARTS) is 1. The SMILES string of the molecule is O=C(O)Cc1c(O)c(Cl)cc2c1CCCC2. The molecule has 0 bridgehead atoms. The van der Waals surface area contributed by atoms with E-state index in [0.717, 1.165) is 36.8 Å². The fourth-order valence-electron chi connectivity index (χ4n) is 2.28. The summed E-state index contributed by atoms with van der Waals surface area (Å²) < 4.78 is 0. The lowest BCUT2D eigenvalue weighted by molar-refractivity contribution is -0.136. The maximum absolute atomic E-state index is 10.8. The molecule has 0 heterocycles. The summed E-state index contributed by atoms with van der Waals surface area (Å²) >= 11 is 5.89. The van der Waals surface area contributed by atoms with Crippen molar-refractivity contribution >= 4 is 17.6 Å². The van der Waals surface area contributed by atoms with Gasteiger partial charge in [0.05, 0.1) is 11.4 Å². The van der Waals surface area contributed by atoms with E-state index in [4.69, 9.17) is 16.7 Å². The van der Waals surface area contributed by atoms with Gasteiger partial charge in [-0.15, -0.1) is 0 Å². The highest BCUT2D eigenvalue weighted by Crippen LogP contribution is 2.36. The number of carboxylic acids is 1. The largest absolute Gasteiger partial charge is 0.506 e. The molecule has 3 nitrogen and oxygen atoms in total. The van der Waals surface area contributed by atoms with Gasteiger partial charge in [0.2, 0.25) is 0 Å². The summed E-state index contributed by atoms with van der Waals surface area (Å²) in [6.07, 6.45) is 3.74. The number of hydrogen-bond acceptors (Lipinski definition) is 2. The van der Waals surface area contributed by atoms with Gasteiger partial charge in [-0.1, -0.05) is 11.6 Å². The predicted octanol–water partition coefficient (Wildman–Crippen LogP) is 2.55. The van der Waals surface area contributed by atoms with Crippen LogP contribution in [0.3, 0.4) is 0 Å². The Morgan fingerprint density at radius 1 is 1.38 bits per heavy atom. The first kappa shape index (κ1) is 11.3. The van der Waals surface area contributed by atoms with E-state index in [2.05, 4.69) is 0 Å². The van der Waals surface area contributed by atoms with E-state index < -0.39 is 5.97 Å². The highest BCUT2D eigenvalue weighted by molar-refractivity contribution is 6.32. The van der Waals surface area contributed by atoms with Gasteiger partial charge in [0.1, 0.15) is 5.75 Å². The molecule has 1 aromatic rings. The minimum absolute atomic E-state index is 0.0651. The van der Waals surface area contributed by atoms with Crippen LogP contribution in [0.4, 0.5) is 0 Å². The second-order valence-electron chi connectivity index (χ2n) is 4.10. The molecule has 2 rings (SSSR count). The molecule has 0 aromatic heterocycles. The standard InChI is InChI=1S/C12H13ClO3/c13-10-5-7-3-1-2-4-8(7)9(12(10)16)6-11(14)15/h5,16H,1-4,6H2,(H,14,15). The monoisotopic (exact) mass is 240 g/mol. The Kier molecular flexibility index (Phi) is 3.06. The highest BCUT2D eigenvalue weighted by Gasteiger charge is 2.20. The Labute approximate surface area is 98.7 Å². The van der Waals surface area contributed by atoms with Crippen LogP contribution < -0.4 is 0 Å². The zero-order chi connectivity index (χ0) is 11.7. The molecule has 16 heavy (non-hydrogen) atoms. The maximum atomic E-state index is 10.8. The first-order valence-corrected chi connectivity index (χ1v) is 5.71. The maximum Gasteiger partial charge on any atom is 0.307 e. The molecule has 0 spiro atoms. The number of rotatable bonds is 2. The van der Waals surface area contributed by atoms with Crippen LogP contribution in [0.2, 0.25) is 5.02 Å². The van der Waals surface area contributed by atoms with Crippen molar-refractivity contribution in [3.05, 3.63) is 27.8 Å². The van der Waals surface area contributed by atoms with Crippen molar-refractivity contribution in [2.75, 3.05) is 0 Å². The van der Waals surface area contributed by atoms with Crippen molar-refractivity contribution in [1.82, 2.24) is 0 Å². The summed E-state index contributed by atoms with van der Waals surface area (Å²) in [6.45, 7) is 0. The van der Waals surface area contributed by atoms with Crippen LogP contribution in [-0.2, 0) is 24.1 Å². The first-order chi connectivity index (χ1) is 7.59. The van der Waals surface area contributed by atoms with E-state index in [0.29, 0.717) is 5.56 Å². The summed E-state index contributed by atoms with van der Waals surface area (Å²) in [5.74, 6) is -1.00. The van der Waals surface area contributed by atoms with Crippen molar-refractivity contribution in [3.8, 4) is 5.75 Å². The molecule has 1 aliphatic carbocycles. The molecule has 0 amide bonds. The fourth-order valence-corrected chi connectivity index (χ4v) is 2.53. The molecule has 0 fully saturated rings. The molecule has 0 unspecified atom stereocenters. The normalized spacial score (nSPS) is 14.6. The van der Waals surface area contributed by atoms with E-state index in [-0.39, 0.29) is 17.2 Å². The zero-order valence-corrected chi connectivity index (χ0v) is 9.55. The molecule has 0 atom stereocenters. The Balaban J connectivity index is 2.54. The minimum atomic E-state index is -0.939. The number of benzene rings is 1. The number of aliphatic carboxylic acids is 1. The van der Waals surface area contributed by atoms with Crippen LogP contribution in [0.25, 0.3) is 0 Å². The lowest BCUT2D eigenvalue weighted by Crippen LogP contribution is -2.10. The molecule has 0 saturated carbocycles. The van der Waals surface area contributed by atoms with Crippen molar-refractivity contribution < 1.29 is 15.0 Å². The average Bonchev–Trinajstić information content (AvgIpc) is 2.24. The van der Waals surface area contributed by atoms with Gasteiger partial charge >= 0.3 is 5.97 Å². The predicted molar refractivity (Wildman–Crippen MR) is 61.1 cm³/mol. The third-order valence-electron chi connectivity index (χ3n) is 3.02. The third-order valence-corrected chi connectivity index (χ3v) is 3.30. The zero-order valence-electron chi connectivity index (χ0n) is 8.79. The van der Waals surface area contributed by atoms with Crippen molar-refractivity contribution in [1.29, 1.82) is 0 Å². The molecular weight excluding hydrogens is 228 g/mol. The molecule has 1 aromatic carbocycles. The number of halogens is 1. The Morgan fingerprint density at radius 2 is 2.06 bits per heavy atom. The number of aryl methyl sites for hydroxylation is 1. The molecule has 0 saturated heterocycles. The molecular formula is C12H13ClO3. The van der Waals surface area contributed by atoms with Gasteiger partial charge in [0.15, 0.2) is 0 Å². The molecule has 2 N–H and O–H groups in total. The minimum Gasteiger partial charge on any atom is -0.506 e. The summed E-state index contributed by atoms with van der Waals surface area (Å²) in [6, 6.07) is 1.76. The number of phenolic OH excluding ortho intramolecular Hbond substituents is 1. The first-order valence-electron chi connectivity index (χ1n) is 5.33. The molecule has 0 aliphatic heterocycles. The molecule has 1 aliphatic rings. The highest BCUT2D eigenvalue weighted by atomic mass is 35.5. The van der Waals surface area contributed by atoms with Gasteiger partial charge in [0, 0.05) is 5.56 Å². The lowest BCUT2D eigenvalue weighted by atomic mass is 9.87. The fraction of sp³-hybridized carbons (Fsp3) is 0.417. The Hall–Kier alpha value is -1.22. The molecule has 4 heteroatoms. The van der Waals surface area contributed by atoms with Crippen LogP contribution >= 0.6 is 11.6 Å². The summed E-state index contributed by atoms with van der Waals surface area (Å²) in [4.78, 5) is 10.8. The molecule has 0 radical (unpaired) electrons. The smallest absolute Gasteiger partial charge is 0.307 e. The number of aromatic hydroxyl groups is 1. The second kappa shape index (κ2) is 4.34. The summed E-state index contributed by atoms with van der Waals surface area (Å²) in [5.41, 5.74) is 2.57. The van der Waals surface area contributed by atoms with Crippen LogP contribution in [0, 0.1) is 0 Å². The van der Waals surface area contributed by atoms with E-state index in [9.17, 15) is 9.90 Å². The molecule has 86 valence electrons. The van der Waals surface area contributed by atoms with E-state index in [1.165, 1.54) is 0 Å². The number of hydrogen-bond donors (Lipinski definition) is 2. The lowest BCUT2D eigenvalue weighted by Gasteiger charge is -2.20. The van der Waals surface area contributed by atoms with Gasteiger partial charge in [-0.25, -0.2) is 0 Å². The summed E-state index contributed by atoms with van der Waals surface area (Å²) in [7, 11) is 0. The van der Waals surface area contributed by atoms with Gasteiger partial charge in [-0.05, 0) is 42.9 Å². The van der Waals surface area contributed by atoms with E-state index in [1.807, 2.05) is 0 Å². The van der Waals surface area contributed by atoms with Crippen molar-refractivity contribution in [2.24, 2.45) is 0 Å². The summed E-state index contributed by atoms with van der Waals surface area (Å²) in [5, 5.41) is 18.9. The van der Waals surface area contributed by atoms with Gasteiger partial charge in [0.25, 0.3) is 0 Å². The van der Waals surface area contributed by atoms with Gasteiger partial charge in [-0.2, -0.15) is 0 Å². The Morgan fingerprint density at radius 3 is 2.75 bits per heavy atom.